The molecule has 1 saturated heterocycles. The number of nitrogens with zero attached hydrogens (tertiary/aromatic N) is 4. The van der Waals surface area contributed by atoms with Gasteiger partial charge in [0.15, 0.2) is 0 Å². The van der Waals surface area contributed by atoms with E-state index in [-0.39, 0.29) is 0 Å². The molecule has 0 amide bonds. The van der Waals surface area contributed by atoms with Crippen molar-refractivity contribution in [2.75, 3.05) is 37.6 Å². The van der Waals surface area contributed by atoms with E-state index >= 15 is 0 Å². The molecular weight excluding hydrogens is 322 g/mol. The number of aromatic nitrogens is 2. The van der Waals surface area contributed by atoms with E-state index in [1.54, 1.807) is 0 Å². The molecule has 1 unspecified atom stereocenters. The summed E-state index contributed by atoms with van der Waals surface area (Å²) in [5, 5.41) is 3.62. The van der Waals surface area contributed by atoms with Crippen molar-refractivity contribution >= 4 is 5.95 Å². The molecule has 26 heavy (non-hydrogen) atoms. The zero-order chi connectivity index (χ0) is 18.4. The Bertz CT molecular complexity index is 504. The van der Waals surface area contributed by atoms with Gasteiger partial charge in [-0.3, -0.25) is 4.90 Å². The van der Waals surface area contributed by atoms with Crippen LogP contribution in [0.5, 0.6) is 0 Å². The van der Waals surface area contributed by atoms with Gasteiger partial charge in [0.05, 0.1) is 0 Å². The molecule has 2 heterocycles. The smallest absolute Gasteiger partial charge is 0.225 e. The van der Waals surface area contributed by atoms with Gasteiger partial charge in [-0.25, -0.2) is 9.97 Å². The van der Waals surface area contributed by atoms with E-state index in [0.717, 1.165) is 44.0 Å². The molecule has 1 aliphatic carbocycles. The molecule has 2 fully saturated rings. The fraction of sp³-hybridized carbons (Fsp3) is 0.810. The van der Waals surface area contributed by atoms with E-state index in [4.69, 9.17) is 0 Å². The van der Waals surface area contributed by atoms with Crippen LogP contribution in [0.1, 0.15) is 52.9 Å². The Kier molecular flexibility index (Phi) is 7.26. The fourth-order valence-electron chi connectivity index (χ4n) is 4.52. The van der Waals surface area contributed by atoms with Crippen molar-refractivity contribution in [2.24, 2.45) is 11.8 Å². The van der Waals surface area contributed by atoms with Gasteiger partial charge >= 0.3 is 0 Å². The second-order valence-corrected chi connectivity index (χ2v) is 8.61. The molecular formula is C21H37N5. The number of rotatable bonds is 7. The van der Waals surface area contributed by atoms with Gasteiger partial charge in [-0.05, 0) is 50.6 Å². The van der Waals surface area contributed by atoms with Gasteiger partial charge in [0, 0.05) is 50.7 Å². The molecule has 5 nitrogen and oxygen atoms in total. The number of hydrogen-bond donors (Lipinski definition) is 1. The third kappa shape index (κ3) is 5.65. The maximum Gasteiger partial charge on any atom is 0.225 e. The van der Waals surface area contributed by atoms with Crippen LogP contribution < -0.4 is 10.2 Å². The van der Waals surface area contributed by atoms with Crippen LogP contribution in [0.15, 0.2) is 18.5 Å². The summed E-state index contributed by atoms with van der Waals surface area (Å²) in [7, 11) is 0. The van der Waals surface area contributed by atoms with Crippen LogP contribution in [-0.4, -0.2) is 59.7 Å². The number of piperazine rings is 1. The van der Waals surface area contributed by atoms with Crippen LogP contribution in [0, 0.1) is 11.8 Å². The topological polar surface area (TPSA) is 44.3 Å². The number of anilines is 1. The molecule has 1 atom stereocenters. The summed E-state index contributed by atoms with van der Waals surface area (Å²) in [6.45, 7) is 12.5. The van der Waals surface area contributed by atoms with Gasteiger partial charge in [0.25, 0.3) is 0 Å². The second-order valence-electron chi connectivity index (χ2n) is 8.61. The van der Waals surface area contributed by atoms with Gasteiger partial charge in [-0.1, -0.05) is 26.7 Å². The largest absolute Gasteiger partial charge is 0.338 e. The summed E-state index contributed by atoms with van der Waals surface area (Å²) >= 11 is 0. The van der Waals surface area contributed by atoms with E-state index in [1.807, 2.05) is 18.5 Å². The summed E-state index contributed by atoms with van der Waals surface area (Å²) in [5.74, 6) is 2.71. The van der Waals surface area contributed by atoms with Gasteiger partial charge in [-0.15, -0.1) is 0 Å². The monoisotopic (exact) mass is 359 g/mol. The normalized spacial score (nSPS) is 26.2. The average Bonchev–Trinajstić information content (AvgIpc) is 2.68. The van der Waals surface area contributed by atoms with Crippen molar-refractivity contribution in [2.45, 2.75) is 65.0 Å². The third-order valence-electron chi connectivity index (χ3n) is 6.23. The average molecular weight is 360 g/mol. The van der Waals surface area contributed by atoms with Crippen LogP contribution in [0.2, 0.25) is 0 Å². The van der Waals surface area contributed by atoms with Crippen molar-refractivity contribution in [3.8, 4) is 0 Å². The lowest BCUT2D eigenvalue weighted by molar-refractivity contribution is 0.149. The predicted molar refractivity (Wildman–Crippen MR) is 108 cm³/mol. The summed E-state index contributed by atoms with van der Waals surface area (Å²) < 4.78 is 0. The first-order valence-corrected chi connectivity index (χ1v) is 10.6. The molecule has 1 aromatic rings. The van der Waals surface area contributed by atoms with E-state index in [0.29, 0.717) is 12.1 Å². The minimum atomic E-state index is 0.618. The van der Waals surface area contributed by atoms with E-state index in [1.165, 1.54) is 38.6 Å². The second kappa shape index (κ2) is 9.65. The first kappa shape index (κ1) is 19.6. The Hall–Kier alpha value is -1.20. The first-order chi connectivity index (χ1) is 12.6. The Morgan fingerprint density at radius 2 is 1.58 bits per heavy atom. The molecule has 0 radical (unpaired) electrons. The zero-order valence-corrected chi connectivity index (χ0v) is 16.9. The highest BCUT2D eigenvalue weighted by atomic mass is 15.3. The molecule has 5 heteroatoms. The molecule has 0 aromatic carbocycles. The fourth-order valence-corrected chi connectivity index (χ4v) is 4.52. The van der Waals surface area contributed by atoms with E-state index < -0.39 is 0 Å². The quantitative estimate of drug-likeness (QED) is 0.810. The maximum atomic E-state index is 4.39. The highest BCUT2D eigenvalue weighted by molar-refractivity contribution is 5.29. The van der Waals surface area contributed by atoms with Gasteiger partial charge in [-0.2, -0.15) is 0 Å². The Balaban J connectivity index is 1.36. The molecule has 0 spiro atoms. The van der Waals surface area contributed by atoms with E-state index in [9.17, 15) is 0 Å². The molecule has 146 valence electrons. The van der Waals surface area contributed by atoms with Crippen molar-refractivity contribution in [3.63, 3.8) is 0 Å². The van der Waals surface area contributed by atoms with Gasteiger partial charge in [0.1, 0.15) is 0 Å². The molecule has 1 N–H and O–H groups in total. The Morgan fingerprint density at radius 1 is 0.962 bits per heavy atom. The lowest BCUT2D eigenvalue weighted by atomic mass is 9.79. The SMILES string of the molecule is CC(C)NCC1CCC(CC(C)N2CCN(c3ncccn3)CC2)CC1. The summed E-state index contributed by atoms with van der Waals surface area (Å²) in [5.41, 5.74) is 0. The van der Waals surface area contributed by atoms with Gasteiger partial charge < -0.3 is 10.2 Å². The van der Waals surface area contributed by atoms with Gasteiger partial charge in [0.2, 0.25) is 5.95 Å². The van der Waals surface area contributed by atoms with Crippen molar-refractivity contribution in [1.29, 1.82) is 0 Å². The molecule has 1 aliphatic heterocycles. The molecule has 3 rings (SSSR count). The zero-order valence-electron chi connectivity index (χ0n) is 16.9. The molecule has 1 aromatic heterocycles. The lowest BCUT2D eigenvalue weighted by Crippen LogP contribution is -2.50. The lowest BCUT2D eigenvalue weighted by Gasteiger charge is -2.40. The molecule has 0 bridgehead atoms. The summed E-state index contributed by atoms with van der Waals surface area (Å²) in [4.78, 5) is 13.8. The predicted octanol–water partition coefficient (Wildman–Crippen LogP) is 3.18. The van der Waals surface area contributed by atoms with Crippen LogP contribution >= 0.6 is 0 Å². The van der Waals surface area contributed by atoms with Crippen LogP contribution in [-0.2, 0) is 0 Å². The van der Waals surface area contributed by atoms with Crippen LogP contribution in [0.3, 0.4) is 0 Å². The van der Waals surface area contributed by atoms with Crippen molar-refractivity contribution in [3.05, 3.63) is 18.5 Å². The summed E-state index contributed by atoms with van der Waals surface area (Å²) in [6.07, 6.45) is 10.7. The van der Waals surface area contributed by atoms with Crippen LogP contribution in [0.25, 0.3) is 0 Å². The van der Waals surface area contributed by atoms with E-state index in [2.05, 4.69) is 45.9 Å². The third-order valence-corrected chi connectivity index (χ3v) is 6.23. The summed E-state index contributed by atoms with van der Waals surface area (Å²) in [6, 6.07) is 3.20. The van der Waals surface area contributed by atoms with Crippen molar-refractivity contribution < 1.29 is 0 Å². The number of hydrogen-bond acceptors (Lipinski definition) is 5. The highest BCUT2D eigenvalue weighted by Crippen LogP contribution is 2.32. The molecule has 2 aliphatic rings. The minimum absolute atomic E-state index is 0.618. The number of nitrogens with one attached hydrogen (secondary N) is 1. The Labute approximate surface area is 159 Å². The van der Waals surface area contributed by atoms with Crippen molar-refractivity contribution in [1.82, 2.24) is 20.2 Å². The highest BCUT2D eigenvalue weighted by Gasteiger charge is 2.27. The molecule has 1 saturated carbocycles. The van der Waals surface area contributed by atoms with Crippen LogP contribution in [0.4, 0.5) is 5.95 Å². The first-order valence-electron chi connectivity index (χ1n) is 10.6. The Morgan fingerprint density at radius 3 is 2.19 bits per heavy atom. The minimum Gasteiger partial charge on any atom is -0.338 e. The standard InChI is InChI=1S/C21H37N5/c1-17(2)24-16-20-7-5-19(6-8-20)15-18(3)25-11-13-26(14-12-25)21-22-9-4-10-23-21/h4,9-10,17-20,24H,5-8,11-16H2,1-3H3. The maximum absolute atomic E-state index is 4.39.